The highest BCUT2D eigenvalue weighted by Crippen LogP contribution is 2.39. The minimum absolute atomic E-state index is 0.00578. The maximum atomic E-state index is 9.54. The summed E-state index contributed by atoms with van der Waals surface area (Å²) in [4.78, 5) is 14.6. The van der Waals surface area contributed by atoms with Gasteiger partial charge in [0.15, 0.2) is 17.5 Å². The summed E-state index contributed by atoms with van der Waals surface area (Å²) < 4.78 is 67.6. The van der Waals surface area contributed by atoms with E-state index in [-0.39, 0.29) is 81.0 Å². The van der Waals surface area contributed by atoms with E-state index >= 15 is 0 Å². The van der Waals surface area contributed by atoms with Gasteiger partial charge < -0.3 is 8.83 Å². The third-order valence-electron chi connectivity index (χ3n) is 8.85. The first-order valence-electron chi connectivity index (χ1n) is 19.1. The van der Waals surface area contributed by atoms with Gasteiger partial charge in [0, 0.05) is 43.8 Å². The van der Waals surface area contributed by atoms with Gasteiger partial charge in [-0.3, -0.25) is 0 Å². The highest BCUT2D eigenvalue weighted by Gasteiger charge is 2.19. The first kappa shape index (κ1) is 22.7. The number of fused-ring (bicyclic) bond motifs is 6. The number of aromatic nitrogens is 3. The molecule has 0 atom stereocenters. The summed E-state index contributed by atoms with van der Waals surface area (Å²) in [7, 11) is 0. The third kappa shape index (κ3) is 4.67. The highest BCUT2D eigenvalue weighted by atomic mass is 16.3. The second kappa shape index (κ2) is 11.4. The van der Waals surface area contributed by atoms with Crippen molar-refractivity contribution in [2.24, 2.45) is 0 Å². The van der Waals surface area contributed by atoms with E-state index in [1.807, 2.05) is 121 Å². The van der Waals surface area contributed by atoms with Crippen LogP contribution in [0.1, 0.15) is 8.22 Å². The molecule has 0 amide bonds. The lowest BCUT2D eigenvalue weighted by atomic mass is 9.97. The molecule has 0 radical (unpaired) electrons. The van der Waals surface area contributed by atoms with Crippen molar-refractivity contribution in [1.82, 2.24) is 15.0 Å². The Balaban J connectivity index is 1.24. The fourth-order valence-electron chi connectivity index (χ4n) is 6.50. The zero-order valence-corrected chi connectivity index (χ0v) is 26.3. The summed E-state index contributed by atoms with van der Waals surface area (Å²) in [5.74, 6) is 0.582. The van der Waals surface area contributed by atoms with Gasteiger partial charge in [-0.25, -0.2) is 15.0 Å². The Kier molecular flexibility index (Phi) is 5.17. The predicted octanol–water partition coefficient (Wildman–Crippen LogP) is 12.0. The molecule has 5 nitrogen and oxygen atoms in total. The van der Waals surface area contributed by atoms with Crippen molar-refractivity contribution in [2.75, 3.05) is 0 Å². The Hall–Kier alpha value is -6.85. The molecule has 10 aromatic rings. The van der Waals surface area contributed by atoms with E-state index in [2.05, 4.69) is 0 Å². The van der Waals surface area contributed by atoms with Crippen LogP contribution in [0.15, 0.2) is 172 Å². The molecule has 3 aromatic heterocycles. The average molecular weight is 648 g/mol. The van der Waals surface area contributed by atoms with Gasteiger partial charge in [0.05, 0.1) is 8.22 Å². The molecule has 0 saturated carbocycles. The first-order chi connectivity index (χ1) is 27.3. The largest absolute Gasteiger partial charge is 0.456 e. The van der Waals surface area contributed by atoms with Crippen LogP contribution >= 0.6 is 0 Å². The number of hydrogen-bond acceptors (Lipinski definition) is 5. The second-order valence-corrected chi connectivity index (χ2v) is 11.9. The number of nitrogens with zero attached hydrogens (tertiary/aromatic N) is 3. The summed E-state index contributed by atoms with van der Waals surface area (Å²) in [6.07, 6.45) is 0. The van der Waals surface area contributed by atoms with Crippen LogP contribution in [-0.2, 0) is 0 Å². The molecule has 0 aliphatic carbocycles. The SMILES string of the molecule is [2H]c1c([2H])c([2H])c2c(oc3c([2H])c(-c4nc(-c5ccccc5)nc(-c5cccc6oc7ccccc7c56)n4)c([2H])c([2H])c32)c1-c1cccc(-c2ccccc2)c1. The molecule has 5 heteroatoms. The molecular formula is C45H27N3O2. The van der Waals surface area contributed by atoms with Crippen LogP contribution in [0.2, 0.25) is 0 Å². The summed E-state index contributed by atoms with van der Waals surface area (Å²) in [5.41, 5.74) is 5.34. The lowest BCUT2D eigenvalue weighted by molar-refractivity contribution is 0.669. The topological polar surface area (TPSA) is 65.0 Å². The third-order valence-corrected chi connectivity index (χ3v) is 8.85. The molecule has 0 aliphatic rings. The molecule has 10 rings (SSSR count). The van der Waals surface area contributed by atoms with Crippen molar-refractivity contribution < 1.29 is 17.1 Å². The monoisotopic (exact) mass is 647 g/mol. The van der Waals surface area contributed by atoms with Crippen molar-refractivity contribution in [1.29, 1.82) is 0 Å². The van der Waals surface area contributed by atoms with Crippen molar-refractivity contribution in [2.45, 2.75) is 0 Å². The lowest BCUT2D eigenvalue weighted by Gasteiger charge is -2.09. The predicted molar refractivity (Wildman–Crippen MR) is 202 cm³/mol. The normalized spacial score (nSPS) is 13.3. The molecular weight excluding hydrogens is 615 g/mol. The van der Waals surface area contributed by atoms with Crippen LogP contribution in [0.25, 0.3) is 100 Å². The first-order valence-corrected chi connectivity index (χ1v) is 16.1. The van der Waals surface area contributed by atoms with Gasteiger partial charge in [0.25, 0.3) is 0 Å². The van der Waals surface area contributed by atoms with Crippen LogP contribution in [0.4, 0.5) is 0 Å². The molecule has 3 heterocycles. The Labute approximate surface area is 295 Å². The second-order valence-electron chi connectivity index (χ2n) is 11.9. The molecule has 0 unspecified atom stereocenters. The molecule has 0 bridgehead atoms. The fourth-order valence-corrected chi connectivity index (χ4v) is 6.50. The van der Waals surface area contributed by atoms with E-state index in [4.69, 9.17) is 27.9 Å². The fraction of sp³-hybridized carbons (Fsp3) is 0. The van der Waals surface area contributed by atoms with E-state index in [0.29, 0.717) is 33.7 Å². The van der Waals surface area contributed by atoms with Crippen molar-refractivity contribution in [3.05, 3.63) is 164 Å². The molecule has 0 saturated heterocycles. The molecule has 234 valence electrons. The van der Waals surface area contributed by atoms with Crippen molar-refractivity contribution in [3.63, 3.8) is 0 Å². The van der Waals surface area contributed by atoms with Gasteiger partial charge in [0.1, 0.15) is 22.3 Å². The van der Waals surface area contributed by atoms with Crippen LogP contribution in [0.3, 0.4) is 0 Å². The van der Waals surface area contributed by atoms with Crippen LogP contribution in [-0.4, -0.2) is 15.0 Å². The molecule has 0 fully saturated rings. The maximum Gasteiger partial charge on any atom is 0.164 e. The quantitative estimate of drug-likeness (QED) is 0.186. The maximum absolute atomic E-state index is 9.54. The minimum atomic E-state index is -0.350. The molecule has 50 heavy (non-hydrogen) atoms. The Morgan fingerprint density at radius 3 is 1.96 bits per heavy atom. The Bertz CT molecular complexity index is 3220. The van der Waals surface area contributed by atoms with Gasteiger partial charge in [-0.1, -0.05) is 133 Å². The molecule has 7 aromatic carbocycles. The number of hydrogen-bond donors (Lipinski definition) is 0. The smallest absolute Gasteiger partial charge is 0.164 e. The standard InChI is InChI=1S/C45H27N3O2/c1-3-12-28(13-4-1)30-16-9-17-31(26-30)33-19-10-20-35-34-25-24-32(27-40(34)50-42(33)35)44-46-43(29-14-5-2-6-15-29)47-45(48-44)37-21-11-23-39-41(37)36-18-7-8-22-38(36)49-39/h1-27H/i10D,19D,20D,24D,25D,27D. The van der Waals surface area contributed by atoms with E-state index in [9.17, 15) is 4.11 Å². The Morgan fingerprint density at radius 1 is 0.420 bits per heavy atom. The molecule has 0 N–H and O–H groups in total. The number of para-hydroxylation sites is 2. The van der Waals surface area contributed by atoms with Gasteiger partial charge in [-0.05, 0) is 47.0 Å². The summed E-state index contributed by atoms with van der Waals surface area (Å²) in [6.45, 7) is 0. The van der Waals surface area contributed by atoms with E-state index < -0.39 is 0 Å². The number of rotatable bonds is 5. The molecule has 0 aliphatic heterocycles. The minimum Gasteiger partial charge on any atom is -0.456 e. The molecule has 0 spiro atoms. The summed E-state index contributed by atoms with van der Waals surface area (Å²) in [5, 5.41) is 1.82. The van der Waals surface area contributed by atoms with Crippen LogP contribution in [0, 0.1) is 0 Å². The summed E-state index contributed by atoms with van der Waals surface area (Å²) >= 11 is 0. The van der Waals surface area contributed by atoms with E-state index in [1.54, 1.807) is 6.07 Å². The Morgan fingerprint density at radius 2 is 1.10 bits per heavy atom. The van der Waals surface area contributed by atoms with Crippen molar-refractivity contribution >= 4 is 43.9 Å². The van der Waals surface area contributed by atoms with E-state index in [1.165, 1.54) is 0 Å². The lowest BCUT2D eigenvalue weighted by Crippen LogP contribution is -2.00. The van der Waals surface area contributed by atoms with Crippen LogP contribution < -0.4 is 0 Å². The highest BCUT2D eigenvalue weighted by molar-refractivity contribution is 6.12. The van der Waals surface area contributed by atoms with Gasteiger partial charge >= 0.3 is 0 Å². The van der Waals surface area contributed by atoms with Gasteiger partial charge in [0.2, 0.25) is 0 Å². The average Bonchev–Trinajstić information content (AvgIpc) is 3.83. The zero-order chi connectivity index (χ0) is 38.2. The van der Waals surface area contributed by atoms with Gasteiger partial charge in [-0.2, -0.15) is 0 Å². The number of benzene rings is 7. The number of furan rings is 2. The summed E-state index contributed by atoms with van der Waals surface area (Å²) in [6, 6.07) is 38.1. The van der Waals surface area contributed by atoms with Crippen LogP contribution in [0.5, 0.6) is 0 Å². The van der Waals surface area contributed by atoms with Crippen molar-refractivity contribution in [3.8, 4) is 56.4 Å². The zero-order valence-electron chi connectivity index (χ0n) is 32.3. The van der Waals surface area contributed by atoms with Gasteiger partial charge in [-0.15, -0.1) is 0 Å². The van der Waals surface area contributed by atoms with E-state index in [0.717, 1.165) is 21.9 Å².